The van der Waals surface area contributed by atoms with Gasteiger partial charge in [0.2, 0.25) is 0 Å². The molecule has 0 radical (unpaired) electrons. The van der Waals surface area contributed by atoms with Crippen LogP contribution in [0.5, 0.6) is 0 Å². The van der Waals surface area contributed by atoms with E-state index in [1.54, 1.807) is 30.1 Å². The van der Waals surface area contributed by atoms with Crippen molar-refractivity contribution in [2.75, 3.05) is 6.61 Å². The highest BCUT2D eigenvalue weighted by Gasteiger charge is 2.18. The first-order valence-corrected chi connectivity index (χ1v) is 11.0. The molecule has 33 heavy (non-hydrogen) atoms. The Bertz CT molecular complexity index is 1300. The Balaban J connectivity index is 1.54. The maximum atomic E-state index is 12.4. The van der Waals surface area contributed by atoms with E-state index >= 15 is 0 Å². The summed E-state index contributed by atoms with van der Waals surface area (Å²) in [6.07, 6.45) is 2.95. The predicted octanol–water partition coefficient (Wildman–Crippen LogP) is 5.20. The second-order valence-corrected chi connectivity index (χ2v) is 7.66. The molecule has 4 aromatic rings. The van der Waals surface area contributed by atoms with Crippen molar-refractivity contribution in [3.8, 4) is 17.2 Å². The smallest absolute Gasteiger partial charge is 0.340 e. The number of para-hydroxylation sites is 1. The van der Waals surface area contributed by atoms with E-state index in [1.807, 2.05) is 42.5 Å². The average molecular weight is 440 g/mol. The molecular formula is C27H25N3O3. The highest BCUT2D eigenvalue weighted by Crippen LogP contribution is 2.24. The van der Waals surface area contributed by atoms with Gasteiger partial charge in [0.05, 0.1) is 29.3 Å². The molecule has 0 saturated heterocycles. The molecule has 0 fully saturated rings. The van der Waals surface area contributed by atoms with E-state index in [0.717, 1.165) is 23.1 Å². The molecule has 0 aliphatic carbocycles. The van der Waals surface area contributed by atoms with E-state index in [4.69, 9.17) is 9.57 Å². The van der Waals surface area contributed by atoms with Gasteiger partial charge in [0.25, 0.3) is 0 Å². The molecule has 6 heteroatoms. The predicted molar refractivity (Wildman–Crippen MR) is 127 cm³/mol. The number of hydrogen-bond donors (Lipinski definition) is 0. The summed E-state index contributed by atoms with van der Waals surface area (Å²) in [7, 11) is 0. The zero-order valence-corrected chi connectivity index (χ0v) is 18.7. The third-order valence-electron chi connectivity index (χ3n) is 5.53. The molecule has 3 aromatic carbocycles. The lowest BCUT2D eigenvalue weighted by molar-refractivity contribution is 0.0399. The Morgan fingerprint density at radius 3 is 2.58 bits per heavy atom. The lowest BCUT2D eigenvalue weighted by atomic mass is 9.98. The zero-order chi connectivity index (χ0) is 23.2. The summed E-state index contributed by atoms with van der Waals surface area (Å²) in [6.45, 7) is 4.15. The van der Waals surface area contributed by atoms with Gasteiger partial charge in [0.1, 0.15) is 17.9 Å². The Labute approximate surface area is 193 Å². The molecule has 0 amide bonds. The van der Waals surface area contributed by atoms with E-state index < -0.39 is 5.97 Å². The quantitative estimate of drug-likeness (QED) is 0.353. The minimum absolute atomic E-state index is 0.116. The fraction of sp³-hybridized carbons (Fsp3) is 0.222. The number of carbonyl (C=O) groups excluding carboxylic acids is 1. The molecular weight excluding hydrogens is 414 g/mol. The summed E-state index contributed by atoms with van der Waals surface area (Å²) in [5.41, 5.74) is 5.42. The van der Waals surface area contributed by atoms with Crippen LogP contribution < -0.4 is 4.84 Å². The van der Waals surface area contributed by atoms with Gasteiger partial charge in [-0.3, -0.25) is 0 Å². The van der Waals surface area contributed by atoms with Gasteiger partial charge in [-0.1, -0.05) is 55.5 Å². The van der Waals surface area contributed by atoms with Crippen LogP contribution in [0.3, 0.4) is 0 Å². The van der Waals surface area contributed by atoms with E-state index in [-0.39, 0.29) is 6.10 Å². The number of esters is 1. The number of imidazole rings is 1. The van der Waals surface area contributed by atoms with Crippen molar-refractivity contribution >= 4 is 17.0 Å². The molecule has 166 valence electrons. The van der Waals surface area contributed by atoms with Crippen molar-refractivity contribution in [1.82, 2.24) is 9.71 Å². The third-order valence-corrected chi connectivity index (χ3v) is 5.53. The fourth-order valence-corrected chi connectivity index (χ4v) is 3.83. The Morgan fingerprint density at radius 1 is 1.06 bits per heavy atom. The van der Waals surface area contributed by atoms with Gasteiger partial charge in [-0.15, -0.1) is 0 Å². The van der Waals surface area contributed by atoms with E-state index in [9.17, 15) is 10.1 Å². The van der Waals surface area contributed by atoms with Crippen LogP contribution in [0.4, 0.5) is 0 Å². The number of nitriles is 1. The molecule has 1 aromatic heterocycles. The molecule has 6 nitrogen and oxygen atoms in total. The Hall–Kier alpha value is -4.11. The number of fused-ring (bicyclic) bond motifs is 1. The number of carbonyl (C=O) groups is 1. The summed E-state index contributed by atoms with van der Waals surface area (Å²) < 4.78 is 6.77. The lowest BCUT2D eigenvalue weighted by Gasteiger charge is -2.19. The first-order chi connectivity index (χ1) is 16.1. The van der Waals surface area contributed by atoms with Crippen LogP contribution >= 0.6 is 0 Å². The molecule has 0 bridgehead atoms. The maximum absolute atomic E-state index is 12.4. The lowest BCUT2D eigenvalue weighted by Crippen LogP contribution is -2.26. The molecule has 4 rings (SSSR count). The van der Waals surface area contributed by atoms with Crippen LogP contribution in [0, 0.1) is 11.3 Å². The Kier molecular flexibility index (Phi) is 6.70. The van der Waals surface area contributed by atoms with Crippen molar-refractivity contribution in [3.05, 3.63) is 89.7 Å². The third kappa shape index (κ3) is 4.73. The number of hydrogen-bond acceptors (Lipinski definition) is 5. The highest BCUT2D eigenvalue weighted by atomic mass is 16.7. The molecule has 0 saturated carbocycles. The number of ether oxygens (including phenoxy) is 1. The molecule has 0 N–H and O–H groups in total. The summed E-state index contributed by atoms with van der Waals surface area (Å²) in [5.74, 6) is -0.394. The van der Waals surface area contributed by atoms with Gasteiger partial charge in [0.15, 0.2) is 0 Å². The maximum Gasteiger partial charge on any atom is 0.340 e. The number of nitrogens with zero attached hydrogens (tertiary/aromatic N) is 3. The van der Waals surface area contributed by atoms with Gasteiger partial charge in [0, 0.05) is 6.42 Å². The minimum Gasteiger partial charge on any atom is -0.462 e. The van der Waals surface area contributed by atoms with Gasteiger partial charge >= 0.3 is 5.97 Å². The van der Waals surface area contributed by atoms with Gasteiger partial charge in [-0.05, 0) is 48.2 Å². The van der Waals surface area contributed by atoms with Crippen molar-refractivity contribution in [1.29, 1.82) is 5.26 Å². The first-order valence-electron chi connectivity index (χ1n) is 11.0. The van der Waals surface area contributed by atoms with Gasteiger partial charge in [-0.25, -0.2) is 9.78 Å². The number of aromatic nitrogens is 2. The van der Waals surface area contributed by atoms with Crippen LogP contribution in [0.25, 0.3) is 22.2 Å². The molecule has 1 atom stereocenters. The van der Waals surface area contributed by atoms with Crippen LogP contribution in [0.1, 0.15) is 41.8 Å². The first kappa shape index (κ1) is 22.1. The van der Waals surface area contributed by atoms with Crippen LogP contribution in [0.15, 0.2) is 73.1 Å². The standard InChI is InChI=1S/C27H25N3O3/c1-3-22(16-19-12-14-20(15-13-19)23-9-6-5-8-21(23)17-28)33-30-18-29-25-11-7-10-24(26(25)30)27(31)32-4-2/h5-15,18,22H,3-4,16H2,1-2H3. The highest BCUT2D eigenvalue weighted by molar-refractivity contribution is 6.02. The van der Waals surface area contributed by atoms with E-state index in [2.05, 4.69) is 30.1 Å². The zero-order valence-electron chi connectivity index (χ0n) is 18.7. The van der Waals surface area contributed by atoms with Gasteiger partial charge < -0.3 is 9.57 Å². The molecule has 1 heterocycles. The molecule has 0 spiro atoms. The van der Waals surface area contributed by atoms with E-state index in [1.165, 1.54) is 0 Å². The molecule has 1 unspecified atom stereocenters. The summed E-state index contributed by atoms with van der Waals surface area (Å²) in [4.78, 5) is 23.0. The van der Waals surface area contributed by atoms with Crippen molar-refractivity contribution < 1.29 is 14.4 Å². The van der Waals surface area contributed by atoms with Crippen molar-refractivity contribution in [3.63, 3.8) is 0 Å². The topological polar surface area (TPSA) is 77.1 Å². The fourth-order valence-electron chi connectivity index (χ4n) is 3.83. The van der Waals surface area contributed by atoms with Crippen molar-refractivity contribution in [2.45, 2.75) is 32.8 Å². The average Bonchev–Trinajstić information content (AvgIpc) is 3.27. The summed E-state index contributed by atoms with van der Waals surface area (Å²) >= 11 is 0. The van der Waals surface area contributed by atoms with Crippen LogP contribution in [0.2, 0.25) is 0 Å². The minimum atomic E-state index is -0.394. The van der Waals surface area contributed by atoms with Crippen molar-refractivity contribution in [2.24, 2.45) is 0 Å². The van der Waals surface area contributed by atoms with Crippen LogP contribution in [-0.2, 0) is 11.2 Å². The molecule has 0 aliphatic heterocycles. The molecule has 0 aliphatic rings. The van der Waals surface area contributed by atoms with Crippen LogP contribution in [-0.4, -0.2) is 28.4 Å². The largest absolute Gasteiger partial charge is 0.462 e. The van der Waals surface area contributed by atoms with Gasteiger partial charge in [-0.2, -0.15) is 9.99 Å². The SMILES string of the molecule is CCOC(=O)c1cccc2ncn(OC(CC)Cc3ccc(-c4ccccc4C#N)cc3)c12. The Morgan fingerprint density at radius 2 is 1.85 bits per heavy atom. The second-order valence-electron chi connectivity index (χ2n) is 7.66. The summed E-state index contributed by atoms with van der Waals surface area (Å²) in [6, 6.07) is 23.4. The van der Waals surface area contributed by atoms with E-state index in [0.29, 0.717) is 35.2 Å². The second kappa shape index (κ2) is 10.0. The summed E-state index contributed by atoms with van der Waals surface area (Å²) in [5, 5.41) is 9.36. The monoisotopic (exact) mass is 439 g/mol. The normalized spacial score (nSPS) is 11.7. The number of rotatable bonds is 8. The number of benzene rings is 3.